The standard InChI is InChI=1S/C20H17F3N4O/c21-20(22,23)16-7-5-14(6-8-16)18-15(11-24-26-18)12-25-27-10-9-13-3-1-2-4-17(13)19(27)28/h1-8,11,25H,9-10,12H2,(H,24,26). The van der Waals surface area contributed by atoms with Crippen molar-refractivity contribution in [1.82, 2.24) is 20.6 Å². The number of halogens is 3. The molecule has 2 N–H and O–H groups in total. The monoisotopic (exact) mass is 386 g/mol. The van der Waals surface area contributed by atoms with E-state index in [4.69, 9.17) is 0 Å². The molecule has 3 aromatic rings. The van der Waals surface area contributed by atoms with Gasteiger partial charge in [-0.1, -0.05) is 30.3 Å². The van der Waals surface area contributed by atoms with Crippen LogP contribution in [0.1, 0.15) is 27.0 Å². The number of fused-ring (bicyclic) bond motifs is 1. The Labute approximate surface area is 159 Å². The van der Waals surface area contributed by atoms with Crippen molar-refractivity contribution in [2.75, 3.05) is 6.54 Å². The van der Waals surface area contributed by atoms with Crippen LogP contribution in [0.3, 0.4) is 0 Å². The summed E-state index contributed by atoms with van der Waals surface area (Å²) in [6.45, 7) is 0.865. The Morgan fingerprint density at radius 3 is 2.61 bits per heavy atom. The lowest BCUT2D eigenvalue weighted by Crippen LogP contribution is -2.46. The van der Waals surface area contributed by atoms with Crippen LogP contribution in [0, 0.1) is 0 Å². The number of hydrogen-bond donors (Lipinski definition) is 2. The number of hydrazine groups is 1. The van der Waals surface area contributed by atoms with E-state index in [1.807, 2.05) is 18.2 Å². The van der Waals surface area contributed by atoms with Gasteiger partial charge in [0.25, 0.3) is 5.91 Å². The maximum atomic E-state index is 12.7. The highest BCUT2D eigenvalue weighted by Crippen LogP contribution is 2.31. The number of hydrogen-bond acceptors (Lipinski definition) is 3. The van der Waals surface area contributed by atoms with Crippen LogP contribution >= 0.6 is 0 Å². The Balaban J connectivity index is 1.48. The molecular formula is C20H17F3N4O. The normalized spacial score (nSPS) is 14.2. The third kappa shape index (κ3) is 3.50. The summed E-state index contributed by atoms with van der Waals surface area (Å²) in [6, 6.07) is 12.4. The first-order valence-electron chi connectivity index (χ1n) is 8.76. The fourth-order valence-electron chi connectivity index (χ4n) is 3.28. The minimum absolute atomic E-state index is 0.0959. The van der Waals surface area contributed by atoms with Gasteiger partial charge in [0.2, 0.25) is 0 Å². The summed E-state index contributed by atoms with van der Waals surface area (Å²) in [7, 11) is 0. The van der Waals surface area contributed by atoms with E-state index in [1.165, 1.54) is 12.1 Å². The summed E-state index contributed by atoms with van der Waals surface area (Å²) in [5.41, 5.74) is 6.08. The van der Waals surface area contributed by atoms with Crippen molar-refractivity contribution in [2.45, 2.75) is 19.1 Å². The molecule has 4 rings (SSSR count). The number of benzene rings is 2. The van der Waals surface area contributed by atoms with Gasteiger partial charge in [0.15, 0.2) is 0 Å². The summed E-state index contributed by atoms with van der Waals surface area (Å²) < 4.78 is 38.2. The third-order valence-corrected chi connectivity index (χ3v) is 4.78. The Bertz CT molecular complexity index is 995. The summed E-state index contributed by atoms with van der Waals surface area (Å²) in [5, 5.41) is 8.38. The topological polar surface area (TPSA) is 61.0 Å². The molecule has 0 saturated heterocycles. The first kappa shape index (κ1) is 18.2. The molecule has 1 aliphatic rings. The number of nitrogens with one attached hydrogen (secondary N) is 2. The first-order valence-corrected chi connectivity index (χ1v) is 8.76. The average Bonchev–Trinajstić information content (AvgIpc) is 3.16. The number of aromatic amines is 1. The Kier molecular flexibility index (Phi) is 4.64. The van der Waals surface area contributed by atoms with Gasteiger partial charge in [-0.2, -0.15) is 18.3 Å². The second kappa shape index (κ2) is 7.12. The predicted octanol–water partition coefficient (Wildman–Crippen LogP) is 3.80. The zero-order chi connectivity index (χ0) is 19.7. The van der Waals surface area contributed by atoms with E-state index in [1.54, 1.807) is 17.3 Å². The largest absolute Gasteiger partial charge is 0.416 e. The molecule has 144 valence electrons. The van der Waals surface area contributed by atoms with Crippen LogP contribution in [-0.4, -0.2) is 27.7 Å². The average molecular weight is 386 g/mol. The molecule has 0 aliphatic carbocycles. The second-order valence-electron chi connectivity index (χ2n) is 6.54. The maximum Gasteiger partial charge on any atom is 0.416 e. The van der Waals surface area contributed by atoms with Crippen LogP contribution in [0.25, 0.3) is 11.3 Å². The summed E-state index contributed by atoms with van der Waals surface area (Å²) >= 11 is 0. The van der Waals surface area contributed by atoms with Crippen molar-refractivity contribution in [2.24, 2.45) is 0 Å². The lowest BCUT2D eigenvalue weighted by molar-refractivity contribution is -0.137. The molecule has 0 spiro atoms. The van der Waals surface area contributed by atoms with Crippen molar-refractivity contribution in [3.8, 4) is 11.3 Å². The highest BCUT2D eigenvalue weighted by atomic mass is 19.4. The molecule has 0 fully saturated rings. The van der Waals surface area contributed by atoms with Crippen LogP contribution in [0.4, 0.5) is 13.2 Å². The number of alkyl halides is 3. The quantitative estimate of drug-likeness (QED) is 0.717. The highest BCUT2D eigenvalue weighted by Gasteiger charge is 2.30. The van der Waals surface area contributed by atoms with E-state index in [0.717, 1.165) is 29.7 Å². The summed E-state index contributed by atoms with van der Waals surface area (Å²) in [4.78, 5) is 12.6. The van der Waals surface area contributed by atoms with Gasteiger partial charge in [-0.3, -0.25) is 14.9 Å². The van der Waals surface area contributed by atoms with E-state index in [9.17, 15) is 18.0 Å². The molecular weight excluding hydrogens is 369 g/mol. The van der Waals surface area contributed by atoms with Crippen molar-refractivity contribution >= 4 is 5.91 Å². The molecule has 2 aromatic carbocycles. The van der Waals surface area contributed by atoms with Gasteiger partial charge in [0.1, 0.15) is 0 Å². The Morgan fingerprint density at radius 1 is 1.11 bits per heavy atom. The molecule has 0 atom stereocenters. The van der Waals surface area contributed by atoms with E-state index in [2.05, 4.69) is 15.6 Å². The van der Waals surface area contributed by atoms with Crippen molar-refractivity contribution in [1.29, 1.82) is 0 Å². The van der Waals surface area contributed by atoms with Gasteiger partial charge in [-0.15, -0.1) is 0 Å². The molecule has 1 aliphatic heterocycles. The second-order valence-corrected chi connectivity index (χ2v) is 6.54. The highest BCUT2D eigenvalue weighted by molar-refractivity contribution is 5.96. The number of aromatic nitrogens is 2. The van der Waals surface area contributed by atoms with Gasteiger partial charge < -0.3 is 0 Å². The van der Waals surface area contributed by atoms with Crippen LogP contribution in [0.15, 0.2) is 54.7 Å². The van der Waals surface area contributed by atoms with Crippen LogP contribution in [-0.2, 0) is 19.1 Å². The number of nitrogens with zero attached hydrogens (tertiary/aromatic N) is 2. The van der Waals surface area contributed by atoms with Gasteiger partial charge in [0, 0.05) is 24.2 Å². The van der Waals surface area contributed by atoms with Crippen LogP contribution < -0.4 is 5.43 Å². The molecule has 1 amide bonds. The molecule has 0 saturated carbocycles. The number of H-pyrrole nitrogens is 1. The molecule has 0 unspecified atom stereocenters. The summed E-state index contributed by atoms with van der Waals surface area (Å²) in [6.07, 6.45) is -2.02. The fourth-order valence-corrected chi connectivity index (χ4v) is 3.28. The van der Waals surface area contributed by atoms with Crippen molar-refractivity contribution in [3.05, 3.63) is 77.0 Å². The zero-order valence-electron chi connectivity index (χ0n) is 14.8. The number of carbonyl (C=O) groups excluding carboxylic acids is 1. The Hall–Kier alpha value is -3.13. The minimum atomic E-state index is -4.37. The smallest absolute Gasteiger partial charge is 0.278 e. The SMILES string of the molecule is O=C1c2ccccc2CCN1NCc1cn[nH]c1-c1ccc(C(F)(F)F)cc1. The van der Waals surface area contributed by atoms with Gasteiger partial charge in [0.05, 0.1) is 17.5 Å². The van der Waals surface area contributed by atoms with Gasteiger partial charge in [-0.25, -0.2) is 5.43 Å². The van der Waals surface area contributed by atoms with E-state index < -0.39 is 11.7 Å². The number of rotatable bonds is 4. The van der Waals surface area contributed by atoms with E-state index in [-0.39, 0.29) is 5.91 Å². The van der Waals surface area contributed by atoms with Crippen LogP contribution in [0.2, 0.25) is 0 Å². The Morgan fingerprint density at radius 2 is 1.86 bits per heavy atom. The van der Waals surface area contributed by atoms with Gasteiger partial charge >= 0.3 is 6.18 Å². The molecule has 0 bridgehead atoms. The van der Waals surface area contributed by atoms with Gasteiger partial charge in [-0.05, 0) is 35.7 Å². The maximum absolute atomic E-state index is 12.7. The zero-order valence-corrected chi connectivity index (χ0v) is 14.8. The molecule has 2 heterocycles. The fraction of sp³-hybridized carbons (Fsp3) is 0.200. The van der Waals surface area contributed by atoms with Crippen molar-refractivity contribution in [3.63, 3.8) is 0 Å². The number of carbonyl (C=O) groups is 1. The third-order valence-electron chi connectivity index (χ3n) is 4.78. The first-order chi connectivity index (χ1) is 13.4. The molecule has 0 radical (unpaired) electrons. The number of amides is 1. The molecule has 28 heavy (non-hydrogen) atoms. The van der Waals surface area contributed by atoms with Crippen LogP contribution in [0.5, 0.6) is 0 Å². The molecule has 8 heteroatoms. The minimum Gasteiger partial charge on any atom is -0.278 e. The lowest BCUT2D eigenvalue weighted by atomic mass is 10.0. The van der Waals surface area contributed by atoms with E-state index >= 15 is 0 Å². The molecule has 5 nitrogen and oxygen atoms in total. The van der Waals surface area contributed by atoms with Crippen molar-refractivity contribution < 1.29 is 18.0 Å². The lowest BCUT2D eigenvalue weighted by Gasteiger charge is -2.29. The predicted molar refractivity (Wildman–Crippen MR) is 97.0 cm³/mol. The summed E-state index contributed by atoms with van der Waals surface area (Å²) in [5.74, 6) is -0.0959. The molecule has 1 aromatic heterocycles. The van der Waals surface area contributed by atoms with E-state index in [0.29, 0.717) is 29.9 Å².